The number of carbonyl (C=O) groups is 1. The average Bonchev–Trinajstić information content (AvgIpc) is 3.01. The Bertz CT molecular complexity index is 758. The van der Waals surface area contributed by atoms with E-state index in [1.54, 1.807) is 0 Å². The largest absolute Gasteiger partial charge is 0.441 e. The molecule has 1 amide bonds. The molecular weight excluding hydrogens is 338 g/mol. The lowest BCUT2D eigenvalue weighted by Gasteiger charge is -2.35. The van der Waals surface area contributed by atoms with Crippen LogP contribution < -0.4 is 5.32 Å². The summed E-state index contributed by atoms with van der Waals surface area (Å²) < 4.78 is 5.77. The number of likely N-dealkylation sites (tertiary alicyclic amines) is 1. The predicted octanol–water partition coefficient (Wildman–Crippen LogP) is 3.74. The highest BCUT2D eigenvalue weighted by molar-refractivity contribution is 5.78. The van der Waals surface area contributed by atoms with Crippen molar-refractivity contribution in [3.63, 3.8) is 0 Å². The molecule has 3 rings (SSSR count). The number of benzene rings is 1. The molecule has 1 saturated heterocycles. The molecule has 1 aliphatic rings. The first-order valence-electron chi connectivity index (χ1n) is 9.96. The smallest absolute Gasteiger partial charge is 0.226 e. The summed E-state index contributed by atoms with van der Waals surface area (Å²) in [7, 11) is 0. The van der Waals surface area contributed by atoms with E-state index in [1.165, 1.54) is 18.4 Å². The highest BCUT2D eigenvalue weighted by Crippen LogP contribution is 2.22. The molecule has 0 spiro atoms. The van der Waals surface area contributed by atoms with Gasteiger partial charge in [0.1, 0.15) is 5.76 Å². The van der Waals surface area contributed by atoms with Crippen molar-refractivity contribution in [2.75, 3.05) is 19.6 Å². The quantitative estimate of drug-likeness (QED) is 0.843. The summed E-state index contributed by atoms with van der Waals surface area (Å²) in [5.41, 5.74) is 2.84. The molecule has 1 fully saturated rings. The molecule has 1 aliphatic heterocycles. The molecule has 1 aromatic carbocycles. The second kappa shape index (κ2) is 8.70. The third-order valence-electron chi connectivity index (χ3n) is 5.56. The van der Waals surface area contributed by atoms with Gasteiger partial charge in [0.25, 0.3) is 0 Å². The molecular formula is C22H31N3O2. The number of carbonyl (C=O) groups excluding carboxylic acids is 1. The fourth-order valence-corrected chi connectivity index (χ4v) is 3.49. The van der Waals surface area contributed by atoms with Gasteiger partial charge in [-0.1, -0.05) is 24.6 Å². The van der Waals surface area contributed by atoms with Crippen molar-refractivity contribution in [3.05, 3.63) is 41.3 Å². The fourth-order valence-electron chi connectivity index (χ4n) is 3.49. The zero-order valence-electron chi connectivity index (χ0n) is 16.9. The van der Waals surface area contributed by atoms with Crippen molar-refractivity contribution >= 4 is 5.91 Å². The van der Waals surface area contributed by atoms with E-state index in [-0.39, 0.29) is 12.3 Å². The minimum Gasteiger partial charge on any atom is -0.441 e. The Morgan fingerprint density at radius 1 is 1.26 bits per heavy atom. The number of hydrogen-bond acceptors (Lipinski definition) is 4. The third-order valence-corrected chi connectivity index (χ3v) is 5.56. The Morgan fingerprint density at radius 3 is 2.59 bits per heavy atom. The SMILES string of the molecule is Cc1ccc(-c2nc(CC(=O)NCC(C)N3CCC(C)CC3)c(C)o2)cc1. The van der Waals surface area contributed by atoms with Crippen molar-refractivity contribution in [2.24, 2.45) is 5.92 Å². The molecule has 5 heteroatoms. The first-order chi connectivity index (χ1) is 12.9. The zero-order valence-corrected chi connectivity index (χ0v) is 16.9. The molecule has 1 unspecified atom stereocenters. The average molecular weight is 370 g/mol. The number of oxazole rings is 1. The monoisotopic (exact) mass is 369 g/mol. The van der Waals surface area contributed by atoms with Crippen LogP contribution in [-0.2, 0) is 11.2 Å². The second-order valence-corrected chi connectivity index (χ2v) is 7.94. The van der Waals surface area contributed by atoms with Gasteiger partial charge in [-0.2, -0.15) is 0 Å². The number of piperidine rings is 1. The molecule has 2 heterocycles. The van der Waals surface area contributed by atoms with Gasteiger partial charge < -0.3 is 9.73 Å². The van der Waals surface area contributed by atoms with E-state index in [0.717, 1.165) is 24.6 Å². The molecule has 0 aliphatic carbocycles. The Balaban J connectivity index is 1.52. The molecule has 27 heavy (non-hydrogen) atoms. The molecule has 0 saturated carbocycles. The van der Waals surface area contributed by atoms with Crippen molar-refractivity contribution in [1.82, 2.24) is 15.2 Å². The lowest BCUT2D eigenvalue weighted by Crippen LogP contribution is -2.45. The Hall–Kier alpha value is -2.14. The van der Waals surface area contributed by atoms with Crippen molar-refractivity contribution in [3.8, 4) is 11.5 Å². The van der Waals surface area contributed by atoms with Crippen LogP contribution in [0.15, 0.2) is 28.7 Å². The van der Waals surface area contributed by atoms with Gasteiger partial charge in [0, 0.05) is 18.2 Å². The number of nitrogens with one attached hydrogen (secondary N) is 1. The number of aromatic nitrogens is 1. The maximum absolute atomic E-state index is 12.4. The van der Waals surface area contributed by atoms with Gasteiger partial charge in [0.15, 0.2) is 0 Å². The van der Waals surface area contributed by atoms with Crippen LogP contribution in [0.4, 0.5) is 0 Å². The van der Waals surface area contributed by atoms with E-state index in [9.17, 15) is 4.79 Å². The number of nitrogens with zero attached hydrogens (tertiary/aromatic N) is 2. The zero-order chi connectivity index (χ0) is 19.4. The van der Waals surface area contributed by atoms with Gasteiger partial charge in [-0.05, 0) is 64.8 Å². The molecule has 1 atom stereocenters. The van der Waals surface area contributed by atoms with Crippen LogP contribution in [0.3, 0.4) is 0 Å². The van der Waals surface area contributed by atoms with Crippen LogP contribution in [0.5, 0.6) is 0 Å². The van der Waals surface area contributed by atoms with E-state index in [4.69, 9.17) is 4.42 Å². The maximum Gasteiger partial charge on any atom is 0.226 e. The highest BCUT2D eigenvalue weighted by atomic mass is 16.4. The van der Waals surface area contributed by atoms with Crippen molar-refractivity contribution in [1.29, 1.82) is 0 Å². The van der Waals surface area contributed by atoms with Crippen LogP contribution in [0.25, 0.3) is 11.5 Å². The maximum atomic E-state index is 12.4. The van der Waals surface area contributed by atoms with Gasteiger partial charge in [-0.15, -0.1) is 0 Å². The summed E-state index contributed by atoms with van der Waals surface area (Å²) in [6.07, 6.45) is 2.75. The van der Waals surface area contributed by atoms with Crippen LogP contribution in [0.2, 0.25) is 0 Å². The minimum atomic E-state index is -0.000849. The summed E-state index contributed by atoms with van der Waals surface area (Å²) >= 11 is 0. The van der Waals surface area contributed by atoms with E-state index < -0.39 is 0 Å². The van der Waals surface area contributed by atoms with Crippen molar-refractivity contribution in [2.45, 2.75) is 53.0 Å². The lowest BCUT2D eigenvalue weighted by atomic mass is 9.98. The molecule has 1 N–H and O–H groups in total. The van der Waals surface area contributed by atoms with Gasteiger partial charge >= 0.3 is 0 Å². The summed E-state index contributed by atoms with van der Waals surface area (Å²) in [6, 6.07) is 8.41. The van der Waals surface area contributed by atoms with E-state index in [1.807, 2.05) is 38.1 Å². The van der Waals surface area contributed by atoms with Gasteiger partial charge in [0.2, 0.25) is 11.8 Å². The minimum absolute atomic E-state index is 0.000849. The summed E-state index contributed by atoms with van der Waals surface area (Å²) in [5.74, 6) is 2.10. The summed E-state index contributed by atoms with van der Waals surface area (Å²) in [4.78, 5) is 19.4. The second-order valence-electron chi connectivity index (χ2n) is 7.94. The molecule has 146 valence electrons. The number of aryl methyl sites for hydroxylation is 2. The number of rotatable bonds is 6. The van der Waals surface area contributed by atoms with E-state index >= 15 is 0 Å². The third kappa shape index (κ3) is 5.19. The van der Waals surface area contributed by atoms with E-state index in [0.29, 0.717) is 29.9 Å². The van der Waals surface area contributed by atoms with Gasteiger partial charge in [0.05, 0.1) is 12.1 Å². The normalized spacial score (nSPS) is 17.0. The number of amides is 1. The fraction of sp³-hybridized carbons (Fsp3) is 0.545. The highest BCUT2D eigenvalue weighted by Gasteiger charge is 2.21. The summed E-state index contributed by atoms with van der Waals surface area (Å²) in [6.45, 7) is 11.3. The molecule has 5 nitrogen and oxygen atoms in total. The Labute approximate surface area is 162 Å². The molecule has 2 aromatic rings. The standard InChI is InChI=1S/C22H31N3O2/c1-15-5-7-19(8-6-15)22-24-20(18(4)27-22)13-21(26)23-14-17(3)25-11-9-16(2)10-12-25/h5-8,16-17H,9-14H2,1-4H3,(H,23,26). The first kappa shape index (κ1) is 19.6. The number of hydrogen-bond donors (Lipinski definition) is 1. The topological polar surface area (TPSA) is 58.4 Å². The van der Waals surface area contributed by atoms with Crippen molar-refractivity contribution < 1.29 is 9.21 Å². The molecule has 0 radical (unpaired) electrons. The van der Waals surface area contributed by atoms with Gasteiger partial charge in [-0.25, -0.2) is 4.98 Å². The molecule has 0 bridgehead atoms. The predicted molar refractivity (Wildman–Crippen MR) is 108 cm³/mol. The Morgan fingerprint density at radius 2 is 1.93 bits per heavy atom. The summed E-state index contributed by atoms with van der Waals surface area (Å²) in [5, 5.41) is 3.06. The van der Waals surface area contributed by atoms with E-state index in [2.05, 4.69) is 29.0 Å². The lowest BCUT2D eigenvalue weighted by molar-refractivity contribution is -0.120. The molecule has 1 aromatic heterocycles. The van der Waals surface area contributed by atoms with Crippen LogP contribution in [0, 0.1) is 19.8 Å². The Kier molecular flexibility index (Phi) is 6.32. The van der Waals surface area contributed by atoms with Gasteiger partial charge in [-0.3, -0.25) is 9.69 Å². The first-order valence-corrected chi connectivity index (χ1v) is 9.96. The van der Waals surface area contributed by atoms with Crippen LogP contribution in [-0.4, -0.2) is 41.5 Å². The van der Waals surface area contributed by atoms with Crippen LogP contribution in [0.1, 0.15) is 43.7 Å². The van der Waals surface area contributed by atoms with Crippen LogP contribution >= 0.6 is 0 Å².